The molecule has 102 valence electrons. The van der Waals surface area contributed by atoms with Crippen LogP contribution < -0.4 is 10.5 Å². The Morgan fingerprint density at radius 1 is 1.44 bits per heavy atom. The summed E-state index contributed by atoms with van der Waals surface area (Å²) in [6.07, 6.45) is 1.48. The quantitative estimate of drug-likeness (QED) is 0.747. The van der Waals surface area contributed by atoms with E-state index in [2.05, 4.69) is 9.71 Å². The highest BCUT2D eigenvalue weighted by atomic mass is 32.2. The van der Waals surface area contributed by atoms with Gasteiger partial charge in [0.05, 0.1) is 0 Å². The lowest BCUT2D eigenvalue weighted by molar-refractivity contribution is 0.314. The molecule has 7 heteroatoms. The fourth-order valence-corrected chi connectivity index (χ4v) is 2.22. The summed E-state index contributed by atoms with van der Waals surface area (Å²) in [6, 6.07) is 3.24. The highest BCUT2D eigenvalue weighted by Crippen LogP contribution is 2.06. The Morgan fingerprint density at radius 3 is 2.56 bits per heavy atom. The first kappa shape index (κ1) is 15.0. The summed E-state index contributed by atoms with van der Waals surface area (Å²) in [7, 11) is 0.250. The van der Waals surface area contributed by atoms with Crippen LogP contribution in [0.2, 0.25) is 0 Å². The van der Waals surface area contributed by atoms with Crippen LogP contribution in [0.25, 0.3) is 0 Å². The van der Waals surface area contributed by atoms with Crippen molar-refractivity contribution >= 4 is 10.0 Å². The normalized spacial score (nSPS) is 13.8. The molecule has 6 nitrogen and oxygen atoms in total. The minimum Gasteiger partial charge on any atom is -0.326 e. The van der Waals surface area contributed by atoms with Gasteiger partial charge in [-0.25, -0.2) is 18.1 Å². The zero-order valence-electron chi connectivity index (χ0n) is 10.9. The Hall–Kier alpha value is -1.02. The molecule has 1 atom stereocenters. The zero-order valence-corrected chi connectivity index (χ0v) is 11.7. The molecule has 0 fully saturated rings. The van der Waals surface area contributed by atoms with Crippen LogP contribution in [0.4, 0.5) is 0 Å². The van der Waals surface area contributed by atoms with Crippen LogP contribution >= 0.6 is 0 Å². The Bertz CT molecular complexity index is 470. The van der Waals surface area contributed by atoms with Crippen LogP contribution in [0.1, 0.15) is 12.5 Å². The van der Waals surface area contributed by atoms with Crippen LogP contribution in [0.5, 0.6) is 0 Å². The van der Waals surface area contributed by atoms with Gasteiger partial charge in [0.15, 0.2) is 5.03 Å². The molecule has 1 aromatic rings. The van der Waals surface area contributed by atoms with E-state index in [1.807, 2.05) is 25.9 Å². The van der Waals surface area contributed by atoms with Crippen LogP contribution in [-0.2, 0) is 16.6 Å². The summed E-state index contributed by atoms with van der Waals surface area (Å²) >= 11 is 0. The molecule has 0 saturated carbocycles. The first-order valence-corrected chi connectivity index (χ1v) is 7.16. The van der Waals surface area contributed by atoms with E-state index in [0.29, 0.717) is 13.1 Å². The Labute approximate surface area is 108 Å². The Morgan fingerprint density at radius 2 is 2.11 bits per heavy atom. The monoisotopic (exact) mass is 272 g/mol. The summed E-state index contributed by atoms with van der Waals surface area (Å²) in [5.41, 5.74) is 6.23. The van der Waals surface area contributed by atoms with Gasteiger partial charge < -0.3 is 10.6 Å². The van der Waals surface area contributed by atoms with Gasteiger partial charge in [-0.1, -0.05) is 6.07 Å². The largest absolute Gasteiger partial charge is 0.326 e. The van der Waals surface area contributed by atoms with Gasteiger partial charge >= 0.3 is 0 Å². The number of aromatic nitrogens is 1. The first-order chi connectivity index (χ1) is 8.36. The number of hydrogen-bond acceptors (Lipinski definition) is 5. The molecule has 0 spiro atoms. The third-order valence-electron chi connectivity index (χ3n) is 2.76. The molecule has 0 amide bonds. The minimum absolute atomic E-state index is 0.0191. The number of pyridine rings is 1. The maximum atomic E-state index is 11.9. The van der Waals surface area contributed by atoms with Crippen molar-refractivity contribution in [2.45, 2.75) is 24.5 Å². The molecule has 1 unspecified atom stereocenters. The van der Waals surface area contributed by atoms with Crippen molar-refractivity contribution in [3.05, 3.63) is 23.9 Å². The van der Waals surface area contributed by atoms with E-state index in [1.165, 1.54) is 12.3 Å². The number of nitrogens with zero attached hydrogens (tertiary/aromatic N) is 2. The summed E-state index contributed by atoms with van der Waals surface area (Å²) in [6.45, 7) is 2.63. The topological polar surface area (TPSA) is 88.3 Å². The van der Waals surface area contributed by atoms with Crippen molar-refractivity contribution in [3.63, 3.8) is 0 Å². The molecule has 1 heterocycles. The van der Waals surface area contributed by atoms with Crippen molar-refractivity contribution in [1.82, 2.24) is 14.6 Å². The zero-order chi connectivity index (χ0) is 13.8. The van der Waals surface area contributed by atoms with Crippen LogP contribution in [0.3, 0.4) is 0 Å². The third-order valence-corrected chi connectivity index (χ3v) is 4.10. The molecular formula is C11H20N4O2S. The maximum Gasteiger partial charge on any atom is 0.258 e. The lowest BCUT2D eigenvalue weighted by atomic mass is 10.3. The summed E-state index contributed by atoms with van der Waals surface area (Å²) in [4.78, 5) is 5.84. The molecule has 0 saturated heterocycles. The van der Waals surface area contributed by atoms with Gasteiger partial charge in [-0.2, -0.15) is 0 Å². The van der Waals surface area contributed by atoms with Crippen LogP contribution in [-0.4, -0.2) is 45.0 Å². The van der Waals surface area contributed by atoms with Crippen molar-refractivity contribution < 1.29 is 8.42 Å². The second-order valence-corrected chi connectivity index (χ2v) is 6.09. The Balaban J connectivity index is 2.73. The number of nitrogens with one attached hydrogen (secondary N) is 1. The van der Waals surface area contributed by atoms with Gasteiger partial charge in [-0.3, -0.25) is 0 Å². The maximum absolute atomic E-state index is 11.9. The summed E-state index contributed by atoms with van der Waals surface area (Å²) in [5.74, 6) is 0. The minimum atomic E-state index is -3.54. The second kappa shape index (κ2) is 6.24. The average Bonchev–Trinajstić information content (AvgIpc) is 2.36. The fourth-order valence-electron chi connectivity index (χ4n) is 1.18. The molecule has 0 aliphatic heterocycles. The van der Waals surface area contributed by atoms with E-state index in [4.69, 9.17) is 5.73 Å². The standard InChI is InChI=1S/C11H20N4O2S/c1-9(15(2)3)7-14-18(16,17)11-5-4-10(6-12)8-13-11/h4-5,8-9,14H,6-7,12H2,1-3H3. The predicted octanol–water partition coefficient (Wildman–Crippen LogP) is -0.231. The van der Waals surface area contributed by atoms with Crippen LogP contribution in [0.15, 0.2) is 23.4 Å². The van der Waals surface area contributed by atoms with Gasteiger partial charge in [-0.05, 0) is 32.6 Å². The number of likely N-dealkylation sites (N-methyl/N-ethyl adjacent to an activating group) is 1. The molecular weight excluding hydrogens is 252 g/mol. The summed E-state index contributed by atoms with van der Waals surface area (Å²) in [5, 5.41) is 0.0191. The number of sulfonamides is 1. The van der Waals surface area contributed by atoms with E-state index in [0.717, 1.165) is 5.56 Å². The van der Waals surface area contributed by atoms with Gasteiger partial charge in [0.2, 0.25) is 0 Å². The van der Waals surface area contributed by atoms with Gasteiger partial charge in [-0.15, -0.1) is 0 Å². The van der Waals surface area contributed by atoms with Crippen molar-refractivity contribution in [2.24, 2.45) is 5.73 Å². The van der Waals surface area contributed by atoms with Gasteiger partial charge in [0, 0.05) is 25.3 Å². The van der Waals surface area contributed by atoms with E-state index in [1.54, 1.807) is 6.07 Å². The number of hydrogen-bond donors (Lipinski definition) is 2. The second-order valence-electron chi connectivity index (χ2n) is 4.37. The molecule has 0 radical (unpaired) electrons. The molecule has 0 aliphatic rings. The number of nitrogens with two attached hydrogens (primary N) is 1. The molecule has 0 aromatic carbocycles. The van der Waals surface area contributed by atoms with Crippen molar-refractivity contribution in [1.29, 1.82) is 0 Å². The lowest BCUT2D eigenvalue weighted by Gasteiger charge is -2.19. The average molecular weight is 272 g/mol. The predicted molar refractivity (Wildman–Crippen MR) is 70.5 cm³/mol. The van der Waals surface area contributed by atoms with E-state index in [-0.39, 0.29) is 11.1 Å². The smallest absolute Gasteiger partial charge is 0.258 e. The molecule has 1 aromatic heterocycles. The van der Waals surface area contributed by atoms with E-state index < -0.39 is 10.0 Å². The molecule has 18 heavy (non-hydrogen) atoms. The highest BCUT2D eigenvalue weighted by Gasteiger charge is 2.16. The Kier molecular flexibility index (Phi) is 5.21. The molecule has 0 bridgehead atoms. The molecule has 0 aliphatic carbocycles. The number of rotatable bonds is 6. The third kappa shape index (κ3) is 4.02. The van der Waals surface area contributed by atoms with Crippen LogP contribution in [0, 0.1) is 0 Å². The lowest BCUT2D eigenvalue weighted by Crippen LogP contribution is -2.38. The SMILES string of the molecule is CC(CNS(=O)(=O)c1ccc(CN)cn1)N(C)C. The van der Waals surface area contributed by atoms with E-state index in [9.17, 15) is 8.42 Å². The van der Waals surface area contributed by atoms with Gasteiger partial charge in [0.1, 0.15) is 0 Å². The molecule has 3 N–H and O–H groups in total. The summed E-state index contributed by atoms with van der Waals surface area (Å²) < 4.78 is 26.4. The van der Waals surface area contributed by atoms with Crippen molar-refractivity contribution in [2.75, 3.05) is 20.6 Å². The van der Waals surface area contributed by atoms with Crippen molar-refractivity contribution in [3.8, 4) is 0 Å². The first-order valence-electron chi connectivity index (χ1n) is 5.68. The van der Waals surface area contributed by atoms with E-state index >= 15 is 0 Å². The highest BCUT2D eigenvalue weighted by molar-refractivity contribution is 7.89. The fraction of sp³-hybridized carbons (Fsp3) is 0.545. The van der Waals surface area contributed by atoms with Gasteiger partial charge in [0.25, 0.3) is 10.0 Å². The molecule has 1 rings (SSSR count).